The number of anilines is 1. The Labute approximate surface area is 150 Å². The molecule has 0 atom stereocenters. The Hall–Kier alpha value is -1.32. The summed E-state index contributed by atoms with van der Waals surface area (Å²) in [5.41, 5.74) is 1.33. The number of hydrogen-bond donors (Lipinski definition) is 1. The number of hydrogen-bond acceptors (Lipinski definition) is 6. The third-order valence-corrected chi connectivity index (χ3v) is 6.78. The Balaban J connectivity index is 2.07. The summed E-state index contributed by atoms with van der Waals surface area (Å²) in [6, 6.07) is 5.26. The minimum absolute atomic E-state index is 0.0300. The van der Waals surface area contributed by atoms with Gasteiger partial charge >= 0.3 is 0 Å². The molecule has 1 N–H and O–H groups in total. The number of carbonyl (C=O) groups is 1. The van der Waals surface area contributed by atoms with Gasteiger partial charge in [0.1, 0.15) is 0 Å². The highest BCUT2D eigenvalue weighted by Crippen LogP contribution is 2.31. The molecule has 2 aromatic rings. The van der Waals surface area contributed by atoms with E-state index in [0.717, 1.165) is 27.5 Å². The molecular weight excluding hydrogens is 366 g/mol. The van der Waals surface area contributed by atoms with E-state index >= 15 is 0 Å². The van der Waals surface area contributed by atoms with Gasteiger partial charge in [0.05, 0.1) is 27.4 Å². The summed E-state index contributed by atoms with van der Waals surface area (Å²) in [7, 11) is -1.49. The highest BCUT2D eigenvalue weighted by atomic mass is 32.2. The molecule has 0 aliphatic heterocycles. The van der Waals surface area contributed by atoms with Crippen LogP contribution in [0.2, 0.25) is 0 Å². The normalized spacial score (nSPS) is 11.6. The summed E-state index contributed by atoms with van der Waals surface area (Å²) >= 11 is 2.87. The number of nitrogens with zero attached hydrogens (tertiary/aromatic N) is 2. The van der Waals surface area contributed by atoms with Crippen LogP contribution >= 0.6 is 23.1 Å². The number of benzene rings is 1. The van der Waals surface area contributed by atoms with Crippen molar-refractivity contribution >= 4 is 54.9 Å². The SMILES string of the molecule is CCCN(C)C(=O)CSc1nc2ccc(NS(=O)(=O)CC)cc2s1. The summed E-state index contributed by atoms with van der Waals surface area (Å²) in [5.74, 6) is 0.464. The minimum atomic E-state index is -3.29. The number of thiazole rings is 1. The average Bonchev–Trinajstić information content (AvgIpc) is 2.94. The molecule has 9 heteroatoms. The second-order valence-electron chi connectivity index (χ2n) is 5.27. The van der Waals surface area contributed by atoms with Crippen LogP contribution in [0.25, 0.3) is 10.2 Å². The van der Waals surface area contributed by atoms with Crippen molar-refractivity contribution in [3.63, 3.8) is 0 Å². The lowest BCUT2D eigenvalue weighted by Gasteiger charge is -2.14. The standard InChI is InChI=1S/C15H21N3O3S3/c1-4-8-18(3)14(19)10-22-15-16-12-7-6-11(9-13(12)23-15)17-24(20,21)5-2/h6-7,9,17H,4-5,8,10H2,1-3H3. The lowest BCUT2D eigenvalue weighted by molar-refractivity contribution is -0.127. The summed E-state index contributed by atoms with van der Waals surface area (Å²) in [5, 5.41) is 0. The molecule has 0 unspecified atom stereocenters. The van der Waals surface area contributed by atoms with E-state index in [0.29, 0.717) is 11.4 Å². The fraction of sp³-hybridized carbons (Fsp3) is 0.467. The van der Waals surface area contributed by atoms with Gasteiger partial charge in [0, 0.05) is 13.6 Å². The fourth-order valence-electron chi connectivity index (χ4n) is 1.97. The van der Waals surface area contributed by atoms with E-state index in [9.17, 15) is 13.2 Å². The Kier molecular flexibility index (Phi) is 6.47. The van der Waals surface area contributed by atoms with E-state index in [4.69, 9.17) is 0 Å². The van der Waals surface area contributed by atoms with Gasteiger partial charge in [-0.15, -0.1) is 11.3 Å². The fourth-order valence-corrected chi connectivity index (χ4v) is 4.65. The third-order valence-electron chi connectivity index (χ3n) is 3.33. The van der Waals surface area contributed by atoms with Gasteiger partial charge in [0.25, 0.3) is 0 Å². The zero-order valence-corrected chi connectivity index (χ0v) is 16.4. The summed E-state index contributed by atoms with van der Waals surface area (Å²) in [6.07, 6.45) is 0.935. The monoisotopic (exact) mass is 387 g/mol. The van der Waals surface area contributed by atoms with Crippen molar-refractivity contribution in [2.24, 2.45) is 0 Å². The van der Waals surface area contributed by atoms with E-state index in [-0.39, 0.29) is 11.7 Å². The zero-order chi connectivity index (χ0) is 17.7. The van der Waals surface area contributed by atoms with Crippen LogP contribution in [0.3, 0.4) is 0 Å². The van der Waals surface area contributed by atoms with E-state index < -0.39 is 10.0 Å². The minimum Gasteiger partial charge on any atom is -0.345 e. The molecule has 0 bridgehead atoms. The van der Waals surface area contributed by atoms with Crippen LogP contribution in [0, 0.1) is 0 Å². The number of aromatic nitrogens is 1. The Morgan fingerprint density at radius 3 is 2.79 bits per heavy atom. The van der Waals surface area contributed by atoms with E-state index in [2.05, 4.69) is 9.71 Å². The molecule has 1 aromatic carbocycles. The first-order valence-electron chi connectivity index (χ1n) is 7.62. The average molecular weight is 388 g/mol. The largest absolute Gasteiger partial charge is 0.345 e. The van der Waals surface area contributed by atoms with E-state index in [1.54, 1.807) is 37.1 Å². The Bertz CT molecular complexity index is 818. The van der Waals surface area contributed by atoms with Crippen LogP contribution in [0.4, 0.5) is 5.69 Å². The molecule has 0 saturated heterocycles. The molecule has 0 spiro atoms. The third kappa shape index (κ3) is 5.09. The predicted molar refractivity (Wildman–Crippen MR) is 101 cm³/mol. The van der Waals surface area contributed by atoms with E-state index in [1.807, 2.05) is 6.92 Å². The van der Waals surface area contributed by atoms with Gasteiger partial charge < -0.3 is 4.90 Å². The molecule has 0 fully saturated rings. The van der Waals surface area contributed by atoms with Crippen molar-refractivity contribution in [3.8, 4) is 0 Å². The molecule has 24 heavy (non-hydrogen) atoms. The molecule has 6 nitrogen and oxygen atoms in total. The maximum Gasteiger partial charge on any atom is 0.232 e. The summed E-state index contributed by atoms with van der Waals surface area (Å²) in [6.45, 7) is 4.38. The number of rotatable bonds is 8. The van der Waals surface area contributed by atoms with Crippen LogP contribution < -0.4 is 4.72 Å². The van der Waals surface area contributed by atoms with Gasteiger partial charge in [-0.2, -0.15) is 0 Å². The van der Waals surface area contributed by atoms with Crippen molar-refractivity contribution in [2.75, 3.05) is 29.8 Å². The molecule has 1 heterocycles. The number of sulfonamides is 1. The molecule has 0 saturated carbocycles. The molecule has 132 valence electrons. The topological polar surface area (TPSA) is 79.4 Å². The molecule has 0 aliphatic carbocycles. The van der Waals surface area contributed by atoms with Crippen LogP contribution in [0.1, 0.15) is 20.3 Å². The van der Waals surface area contributed by atoms with Crippen molar-refractivity contribution in [1.82, 2.24) is 9.88 Å². The van der Waals surface area contributed by atoms with Crippen molar-refractivity contribution in [2.45, 2.75) is 24.6 Å². The van der Waals surface area contributed by atoms with Crippen molar-refractivity contribution in [3.05, 3.63) is 18.2 Å². The van der Waals surface area contributed by atoms with Crippen LogP contribution in [0.15, 0.2) is 22.5 Å². The lowest BCUT2D eigenvalue weighted by atomic mass is 10.3. The maximum absolute atomic E-state index is 12.0. The molecule has 2 rings (SSSR count). The number of fused-ring (bicyclic) bond motifs is 1. The molecule has 1 amide bonds. The van der Waals surface area contributed by atoms with Gasteiger partial charge in [0.15, 0.2) is 4.34 Å². The van der Waals surface area contributed by atoms with Crippen LogP contribution in [0.5, 0.6) is 0 Å². The lowest BCUT2D eigenvalue weighted by Crippen LogP contribution is -2.28. The van der Waals surface area contributed by atoms with Gasteiger partial charge in [-0.05, 0) is 31.5 Å². The molecular formula is C15H21N3O3S3. The van der Waals surface area contributed by atoms with Crippen LogP contribution in [-0.2, 0) is 14.8 Å². The molecule has 1 aromatic heterocycles. The van der Waals surface area contributed by atoms with Gasteiger partial charge in [-0.1, -0.05) is 18.7 Å². The van der Waals surface area contributed by atoms with E-state index in [1.165, 1.54) is 23.1 Å². The first kappa shape index (κ1) is 19.0. The quantitative estimate of drug-likeness (QED) is 0.704. The Morgan fingerprint density at radius 1 is 1.38 bits per heavy atom. The van der Waals surface area contributed by atoms with Crippen molar-refractivity contribution in [1.29, 1.82) is 0 Å². The number of amides is 1. The van der Waals surface area contributed by atoms with Gasteiger partial charge in [-0.25, -0.2) is 13.4 Å². The summed E-state index contributed by atoms with van der Waals surface area (Å²) < 4.78 is 27.5. The van der Waals surface area contributed by atoms with Crippen LogP contribution in [-0.4, -0.2) is 49.3 Å². The molecule has 0 radical (unpaired) electrons. The number of carbonyl (C=O) groups excluding carboxylic acids is 1. The van der Waals surface area contributed by atoms with Gasteiger partial charge in [0.2, 0.25) is 15.9 Å². The zero-order valence-electron chi connectivity index (χ0n) is 13.9. The second kappa shape index (κ2) is 8.17. The highest BCUT2D eigenvalue weighted by Gasteiger charge is 2.12. The first-order valence-corrected chi connectivity index (χ1v) is 11.1. The first-order chi connectivity index (χ1) is 11.3. The smallest absolute Gasteiger partial charge is 0.232 e. The van der Waals surface area contributed by atoms with Crippen molar-refractivity contribution < 1.29 is 13.2 Å². The maximum atomic E-state index is 12.0. The summed E-state index contributed by atoms with van der Waals surface area (Å²) in [4.78, 5) is 18.2. The number of nitrogens with one attached hydrogen (secondary N) is 1. The van der Waals surface area contributed by atoms with Gasteiger partial charge in [-0.3, -0.25) is 9.52 Å². The molecule has 0 aliphatic rings. The Morgan fingerprint density at radius 2 is 2.12 bits per heavy atom. The number of thioether (sulfide) groups is 1. The highest BCUT2D eigenvalue weighted by molar-refractivity contribution is 8.01. The second-order valence-corrected chi connectivity index (χ2v) is 9.54. The predicted octanol–water partition coefficient (Wildman–Crippen LogP) is 3.02.